The first-order valence-corrected chi connectivity index (χ1v) is 8.22. The van der Waals surface area contributed by atoms with Gasteiger partial charge in [0, 0.05) is 11.8 Å². The number of hydrogen-bond acceptors (Lipinski definition) is 2. The number of aromatic nitrogens is 2. The van der Waals surface area contributed by atoms with Gasteiger partial charge in [0.25, 0.3) is 0 Å². The smallest absolute Gasteiger partial charge is 0.115 e. The highest BCUT2D eigenvalue weighted by Crippen LogP contribution is 2.31. The summed E-state index contributed by atoms with van der Waals surface area (Å²) in [7, 11) is 0. The number of hydrogen-bond donors (Lipinski definition) is 1. The van der Waals surface area contributed by atoms with E-state index in [0.29, 0.717) is 6.04 Å². The molecule has 1 fully saturated rings. The van der Waals surface area contributed by atoms with Gasteiger partial charge < -0.3 is 5.73 Å². The fourth-order valence-electron chi connectivity index (χ4n) is 3.28. The Morgan fingerprint density at radius 3 is 2.52 bits per heavy atom. The highest BCUT2D eigenvalue weighted by atomic mass is 15.3. The molecule has 0 aliphatic heterocycles. The lowest BCUT2D eigenvalue weighted by Gasteiger charge is -2.21. The first-order valence-electron chi connectivity index (χ1n) is 8.22. The predicted molar refractivity (Wildman–Crippen MR) is 88.2 cm³/mol. The molecule has 0 bridgehead atoms. The number of aryl methyl sites for hydroxylation is 1. The Bertz CT molecular complexity index is 577. The zero-order valence-electron chi connectivity index (χ0n) is 12.9. The van der Waals surface area contributed by atoms with Crippen LogP contribution in [-0.4, -0.2) is 9.78 Å². The second-order valence-corrected chi connectivity index (χ2v) is 6.15. The molecular weight excluding hydrogens is 258 g/mol. The first kappa shape index (κ1) is 14.2. The summed E-state index contributed by atoms with van der Waals surface area (Å²) in [5.74, 6) is 0. The molecule has 1 aliphatic carbocycles. The Balaban J connectivity index is 1.83. The van der Waals surface area contributed by atoms with E-state index in [-0.39, 0.29) is 0 Å². The van der Waals surface area contributed by atoms with Crippen molar-refractivity contribution in [1.29, 1.82) is 0 Å². The van der Waals surface area contributed by atoms with Crippen molar-refractivity contribution in [1.82, 2.24) is 9.78 Å². The van der Waals surface area contributed by atoms with Gasteiger partial charge >= 0.3 is 0 Å². The first-order chi connectivity index (χ1) is 10.3. The average Bonchev–Trinajstić information content (AvgIpc) is 2.91. The Morgan fingerprint density at radius 1 is 1.14 bits per heavy atom. The zero-order chi connectivity index (χ0) is 14.7. The monoisotopic (exact) mass is 283 g/mol. The lowest BCUT2D eigenvalue weighted by Crippen LogP contribution is -2.13. The summed E-state index contributed by atoms with van der Waals surface area (Å²) in [5.41, 5.74) is 10.4. The highest BCUT2D eigenvalue weighted by molar-refractivity contribution is 5.72. The Morgan fingerprint density at radius 2 is 1.86 bits per heavy atom. The molecule has 21 heavy (non-hydrogen) atoms. The van der Waals surface area contributed by atoms with Gasteiger partial charge in [0.05, 0.1) is 11.7 Å². The van der Waals surface area contributed by atoms with Gasteiger partial charge in [-0.25, -0.2) is 0 Å². The van der Waals surface area contributed by atoms with Crippen molar-refractivity contribution < 1.29 is 0 Å². The van der Waals surface area contributed by atoms with Crippen molar-refractivity contribution in [2.45, 2.75) is 57.9 Å². The summed E-state index contributed by atoms with van der Waals surface area (Å²) in [5, 5.41) is 4.77. The number of anilines is 1. The van der Waals surface area contributed by atoms with E-state index < -0.39 is 0 Å². The highest BCUT2D eigenvalue weighted by Gasteiger charge is 2.18. The Kier molecular flexibility index (Phi) is 4.28. The minimum Gasteiger partial charge on any atom is -0.396 e. The summed E-state index contributed by atoms with van der Waals surface area (Å²) in [6.45, 7) is 2.21. The van der Waals surface area contributed by atoms with E-state index in [1.54, 1.807) is 0 Å². The molecule has 1 aliphatic rings. The van der Waals surface area contributed by atoms with Crippen molar-refractivity contribution >= 4 is 5.69 Å². The molecule has 0 saturated heterocycles. The molecule has 112 valence electrons. The van der Waals surface area contributed by atoms with E-state index in [4.69, 9.17) is 10.8 Å². The predicted octanol–water partition coefficient (Wildman–Crippen LogP) is 4.59. The van der Waals surface area contributed by atoms with E-state index >= 15 is 0 Å². The van der Waals surface area contributed by atoms with Crippen LogP contribution in [0.2, 0.25) is 0 Å². The topological polar surface area (TPSA) is 43.8 Å². The maximum absolute atomic E-state index is 6.19. The van der Waals surface area contributed by atoms with E-state index in [1.165, 1.54) is 44.1 Å². The van der Waals surface area contributed by atoms with Gasteiger partial charge in [-0.05, 0) is 24.8 Å². The standard InChI is InChI=1S/C18H25N3/c1-2-6-14-9-11-15(12-10-14)18-17(19)13-21(20-18)16-7-4-3-5-8-16/h9-13,16H,2-8,19H2,1H3. The van der Waals surface area contributed by atoms with E-state index in [1.807, 2.05) is 6.20 Å². The van der Waals surface area contributed by atoms with Gasteiger partial charge in [0.2, 0.25) is 0 Å². The number of benzene rings is 1. The summed E-state index contributed by atoms with van der Waals surface area (Å²) >= 11 is 0. The molecular formula is C18H25N3. The van der Waals surface area contributed by atoms with Crippen LogP contribution in [0.4, 0.5) is 5.69 Å². The van der Waals surface area contributed by atoms with Crippen molar-refractivity contribution in [2.24, 2.45) is 0 Å². The number of nitrogens with two attached hydrogens (primary N) is 1. The molecule has 0 unspecified atom stereocenters. The number of nitrogen functional groups attached to an aromatic ring is 1. The van der Waals surface area contributed by atoms with Crippen molar-refractivity contribution in [3.8, 4) is 11.3 Å². The molecule has 2 aromatic rings. The second-order valence-electron chi connectivity index (χ2n) is 6.15. The molecule has 3 rings (SSSR count). The van der Waals surface area contributed by atoms with Crippen LogP contribution in [0.15, 0.2) is 30.5 Å². The van der Waals surface area contributed by atoms with Crippen molar-refractivity contribution in [3.63, 3.8) is 0 Å². The third-order valence-corrected chi connectivity index (χ3v) is 4.48. The van der Waals surface area contributed by atoms with Gasteiger partial charge in [-0.1, -0.05) is 56.9 Å². The summed E-state index contributed by atoms with van der Waals surface area (Å²) in [6.07, 6.45) is 10.8. The summed E-state index contributed by atoms with van der Waals surface area (Å²) in [6, 6.07) is 9.22. The van der Waals surface area contributed by atoms with E-state index in [0.717, 1.165) is 23.4 Å². The van der Waals surface area contributed by atoms with Gasteiger partial charge in [-0.15, -0.1) is 0 Å². The lowest BCUT2D eigenvalue weighted by atomic mass is 9.96. The number of nitrogens with zero attached hydrogens (tertiary/aromatic N) is 2. The van der Waals surface area contributed by atoms with Crippen LogP contribution in [0, 0.1) is 0 Å². The fraction of sp³-hybridized carbons (Fsp3) is 0.500. The molecule has 1 saturated carbocycles. The molecule has 0 atom stereocenters. The second kappa shape index (κ2) is 6.33. The SMILES string of the molecule is CCCc1ccc(-c2nn(C3CCCCC3)cc2N)cc1. The average molecular weight is 283 g/mol. The van der Waals surface area contributed by atoms with Gasteiger partial charge in [0.15, 0.2) is 0 Å². The van der Waals surface area contributed by atoms with Crippen LogP contribution < -0.4 is 5.73 Å². The summed E-state index contributed by atoms with van der Waals surface area (Å²) in [4.78, 5) is 0. The van der Waals surface area contributed by atoms with Crippen LogP contribution in [0.1, 0.15) is 57.1 Å². The molecule has 3 nitrogen and oxygen atoms in total. The normalized spacial score (nSPS) is 16.2. The molecule has 2 N–H and O–H groups in total. The zero-order valence-corrected chi connectivity index (χ0v) is 12.9. The summed E-state index contributed by atoms with van der Waals surface area (Å²) < 4.78 is 2.10. The van der Waals surface area contributed by atoms with Crippen molar-refractivity contribution in [2.75, 3.05) is 5.73 Å². The minimum absolute atomic E-state index is 0.536. The van der Waals surface area contributed by atoms with Crippen LogP contribution >= 0.6 is 0 Å². The van der Waals surface area contributed by atoms with Crippen LogP contribution in [-0.2, 0) is 6.42 Å². The Labute approximate surface area is 127 Å². The fourth-order valence-corrected chi connectivity index (χ4v) is 3.28. The minimum atomic E-state index is 0.536. The Hall–Kier alpha value is -1.77. The third kappa shape index (κ3) is 3.12. The lowest BCUT2D eigenvalue weighted by molar-refractivity contribution is 0.330. The van der Waals surface area contributed by atoms with Gasteiger partial charge in [-0.3, -0.25) is 4.68 Å². The number of rotatable bonds is 4. The molecule has 0 amide bonds. The van der Waals surface area contributed by atoms with Crippen LogP contribution in [0.5, 0.6) is 0 Å². The maximum atomic E-state index is 6.19. The van der Waals surface area contributed by atoms with Gasteiger partial charge in [0.1, 0.15) is 5.69 Å². The third-order valence-electron chi connectivity index (χ3n) is 4.48. The van der Waals surface area contributed by atoms with Crippen LogP contribution in [0.25, 0.3) is 11.3 Å². The van der Waals surface area contributed by atoms with E-state index in [9.17, 15) is 0 Å². The quantitative estimate of drug-likeness (QED) is 0.891. The molecule has 0 radical (unpaired) electrons. The molecule has 3 heteroatoms. The maximum Gasteiger partial charge on any atom is 0.115 e. The largest absolute Gasteiger partial charge is 0.396 e. The van der Waals surface area contributed by atoms with Crippen LogP contribution in [0.3, 0.4) is 0 Å². The molecule has 1 aromatic carbocycles. The molecule has 1 heterocycles. The molecule has 0 spiro atoms. The van der Waals surface area contributed by atoms with Gasteiger partial charge in [-0.2, -0.15) is 5.10 Å². The van der Waals surface area contributed by atoms with E-state index in [2.05, 4.69) is 35.9 Å². The van der Waals surface area contributed by atoms with Crippen molar-refractivity contribution in [3.05, 3.63) is 36.0 Å². The molecule has 1 aromatic heterocycles.